The second-order valence-corrected chi connectivity index (χ2v) is 9.43. The Hall–Kier alpha value is -1.40. The van der Waals surface area contributed by atoms with Gasteiger partial charge in [-0.15, -0.1) is 0 Å². The van der Waals surface area contributed by atoms with E-state index < -0.39 is 10.0 Å². The summed E-state index contributed by atoms with van der Waals surface area (Å²) in [6.45, 7) is 1.83. The van der Waals surface area contributed by atoms with Crippen LogP contribution < -0.4 is 0 Å². The standard InChI is InChI=1S/C19H26N2O3S/c22-19(16-4-1-2-5-16)20-10-12-21(13-11-20)25(23,24)18-9-8-15-6-3-7-17(15)14-18/h8-9,14,16H,1-7,10-13H2. The molecule has 1 aliphatic heterocycles. The fraction of sp³-hybridized carbons (Fsp3) is 0.632. The van der Waals surface area contributed by atoms with Crippen molar-refractivity contribution in [2.45, 2.75) is 49.8 Å². The van der Waals surface area contributed by atoms with Gasteiger partial charge in [-0.25, -0.2) is 8.42 Å². The average molecular weight is 362 g/mol. The lowest BCUT2D eigenvalue weighted by atomic mass is 10.1. The van der Waals surface area contributed by atoms with E-state index in [9.17, 15) is 13.2 Å². The molecule has 0 aromatic heterocycles. The number of carbonyl (C=O) groups is 1. The molecule has 4 rings (SSSR count). The molecule has 0 atom stereocenters. The zero-order valence-electron chi connectivity index (χ0n) is 14.6. The predicted molar refractivity (Wildman–Crippen MR) is 95.8 cm³/mol. The van der Waals surface area contributed by atoms with E-state index in [-0.39, 0.29) is 11.8 Å². The molecule has 25 heavy (non-hydrogen) atoms. The first-order valence-corrected chi connectivity index (χ1v) is 10.9. The van der Waals surface area contributed by atoms with Gasteiger partial charge in [0.25, 0.3) is 0 Å². The minimum atomic E-state index is -3.46. The van der Waals surface area contributed by atoms with Crippen molar-refractivity contribution < 1.29 is 13.2 Å². The van der Waals surface area contributed by atoms with E-state index in [4.69, 9.17) is 0 Å². The largest absolute Gasteiger partial charge is 0.340 e. The molecule has 1 saturated carbocycles. The van der Waals surface area contributed by atoms with Crippen LogP contribution in [0.4, 0.5) is 0 Å². The van der Waals surface area contributed by atoms with Crippen molar-refractivity contribution in [3.63, 3.8) is 0 Å². The van der Waals surface area contributed by atoms with Gasteiger partial charge in [0.05, 0.1) is 4.90 Å². The Kier molecular flexibility index (Phi) is 4.58. The van der Waals surface area contributed by atoms with E-state index in [0.29, 0.717) is 31.1 Å². The highest BCUT2D eigenvalue weighted by Gasteiger charge is 2.33. The third kappa shape index (κ3) is 3.22. The molecule has 1 amide bonds. The molecule has 0 N–H and O–H groups in total. The Morgan fingerprint density at radius 3 is 2.32 bits per heavy atom. The lowest BCUT2D eigenvalue weighted by molar-refractivity contribution is -0.136. The Bertz CT molecular complexity index is 761. The molecule has 0 unspecified atom stereocenters. The zero-order valence-corrected chi connectivity index (χ0v) is 15.4. The van der Waals surface area contributed by atoms with E-state index in [1.807, 2.05) is 17.0 Å². The summed E-state index contributed by atoms with van der Waals surface area (Å²) >= 11 is 0. The van der Waals surface area contributed by atoms with Crippen molar-refractivity contribution in [2.75, 3.05) is 26.2 Å². The molecule has 2 fully saturated rings. The third-order valence-corrected chi connectivity index (χ3v) is 7.86. The third-order valence-electron chi connectivity index (χ3n) is 5.96. The van der Waals surface area contributed by atoms with E-state index in [2.05, 4.69) is 0 Å². The van der Waals surface area contributed by atoms with E-state index in [1.165, 1.54) is 11.1 Å². The van der Waals surface area contributed by atoms with Gasteiger partial charge in [0.1, 0.15) is 0 Å². The highest BCUT2D eigenvalue weighted by atomic mass is 32.2. The Labute approximate surface area is 150 Å². The van der Waals surface area contributed by atoms with Gasteiger partial charge in [-0.2, -0.15) is 4.31 Å². The van der Waals surface area contributed by atoms with Gasteiger partial charge in [-0.3, -0.25) is 4.79 Å². The smallest absolute Gasteiger partial charge is 0.243 e. The number of hydrogen-bond acceptors (Lipinski definition) is 3. The number of rotatable bonds is 3. The van der Waals surface area contributed by atoms with Gasteiger partial charge in [-0.1, -0.05) is 18.9 Å². The van der Waals surface area contributed by atoms with Crippen molar-refractivity contribution in [1.29, 1.82) is 0 Å². The molecule has 1 heterocycles. The highest BCUT2D eigenvalue weighted by Crippen LogP contribution is 2.29. The molecule has 1 aromatic carbocycles. The summed E-state index contributed by atoms with van der Waals surface area (Å²) < 4.78 is 27.4. The first kappa shape index (κ1) is 17.0. The fourth-order valence-electron chi connectivity index (χ4n) is 4.44. The fourth-order valence-corrected chi connectivity index (χ4v) is 5.91. The molecule has 3 aliphatic rings. The molecule has 136 valence electrons. The topological polar surface area (TPSA) is 57.7 Å². The minimum Gasteiger partial charge on any atom is -0.340 e. The molecule has 0 spiro atoms. The Balaban J connectivity index is 1.43. The summed E-state index contributed by atoms with van der Waals surface area (Å²) in [7, 11) is -3.46. The minimum absolute atomic E-state index is 0.167. The van der Waals surface area contributed by atoms with Crippen LogP contribution in [0.15, 0.2) is 23.1 Å². The number of benzene rings is 1. The number of hydrogen-bond donors (Lipinski definition) is 0. The van der Waals surface area contributed by atoms with Crippen LogP contribution in [0, 0.1) is 5.92 Å². The van der Waals surface area contributed by atoms with E-state index in [1.54, 1.807) is 10.4 Å². The number of fused-ring (bicyclic) bond motifs is 1. The van der Waals surface area contributed by atoms with Crippen LogP contribution in [0.1, 0.15) is 43.2 Å². The van der Waals surface area contributed by atoms with Gasteiger partial charge in [0.15, 0.2) is 0 Å². The molecule has 0 radical (unpaired) electrons. The predicted octanol–water partition coefficient (Wildman–Crippen LogP) is 2.20. The van der Waals surface area contributed by atoms with Crippen LogP contribution in [0.3, 0.4) is 0 Å². The monoisotopic (exact) mass is 362 g/mol. The number of nitrogens with zero attached hydrogens (tertiary/aromatic N) is 2. The summed E-state index contributed by atoms with van der Waals surface area (Å²) in [6, 6.07) is 5.57. The van der Waals surface area contributed by atoms with Crippen molar-refractivity contribution >= 4 is 15.9 Å². The van der Waals surface area contributed by atoms with Crippen molar-refractivity contribution in [3.05, 3.63) is 29.3 Å². The molecule has 2 aliphatic carbocycles. The maximum Gasteiger partial charge on any atom is 0.243 e. The van der Waals surface area contributed by atoms with Gasteiger partial charge in [-0.05, 0) is 55.4 Å². The highest BCUT2D eigenvalue weighted by molar-refractivity contribution is 7.89. The molecule has 0 bridgehead atoms. The maximum absolute atomic E-state index is 12.9. The normalized spacial score (nSPS) is 22.3. The lowest BCUT2D eigenvalue weighted by Gasteiger charge is -2.35. The summed E-state index contributed by atoms with van der Waals surface area (Å²) in [5, 5.41) is 0. The summed E-state index contributed by atoms with van der Waals surface area (Å²) in [6.07, 6.45) is 7.41. The SMILES string of the molecule is O=C(C1CCCC1)N1CCN(S(=O)(=O)c2ccc3c(c2)CCC3)CC1. The number of aryl methyl sites for hydroxylation is 2. The second kappa shape index (κ2) is 6.72. The van der Waals surface area contributed by atoms with Crippen molar-refractivity contribution in [3.8, 4) is 0 Å². The first-order chi connectivity index (χ1) is 12.1. The van der Waals surface area contributed by atoms with Crippen LogP contribution >= 0.6 is 0 Å². The second-order valence-electron chi connectivity index (χ2n) is 7.49. The number of sulfonamides is 1. The van der Waals surface area contributed by atoms with Crippen LogP contribution in [0.2, 0.25) is 0 Å². The van der Waals surface area contributed by atoms with Crippen LogP contribution in [0.5, 0.6) is 0 Å². The molecule has 5 nitrogen and oxygen atoms in total. The quantitative estimate of drug-likeness (QED) is 0.828. The van der Waals surface area contributed by atoms with Crippen LogP contribution in [0.25, 0.3) is 0 Å². The summed E-state index contributed by atoms with van der Waals surface area (Å²) in [4.78, 5) is 14.8. The molecular weight excluding hydrogens is 336 g/mol. The summed E-state index contributed by atoms with van der Waals surface area (Å²) in [5.41, 5.74) is 2.46. The van der Waals surface area contributed by atoms with Gasteiger partial charge in [0.2, 0.25) is 15.9 Å². The van der Waals surface area contributed by atoms with E-state index in [0.717, 1.165) is 44.9 Å². The first-order valence-electron chi connectivity index (χ1n) is 9.46. The van der Waals surface area contributed by atoms with Gasteiger partial charge in [0, 0.05) is 32.1 Å². The average Bonchev–Trinajstić information content (AvgIpc) is 3.32. The Morgan fingerprint density at radius 2 is 1.60 bits per heavy atom. The Morgan fingerprint density at radius 1 is 0.920 bits per heavy atom. The van der Waals surface area contributed by atoms with Gasteiger partial charge < -0.3 is 4.90 Å². The van der Waals surface area contributed by atoms with Crippen LogP contribution in [-0.2, 0) is 27.7 Å². The number of carbonyl (C=O) groups excluding carboxylic acids is 1. The lowest BCUT2D eigenvalue weighted by Crippen LogP contribution is -2.51. The van der Waals surface area contributed by atoms with Crippen molar-refractivity contribution in [2.24, 2.45) is 5.92 Å². The van der Waals surface area contributed by atoms with Crippen molar-refractivity contribution in [1.82, 2.24) is 9.21 Å². The molecule has 1 saturated heterocycles. The molecular formula is C19H26N2O3S. The number of amides is 1. The maximum atomic E-state index is 12.9. The molecule has 1 aromatic rings. The summed E-state index contributed by atoms with van der Waals surface area (Å²) in [5.74, 6) is 0.395. The van der Waals surface area contributed by atoms with E-state index >= 15 is 0 Å². The zero-order chi connectivity index (χ0) is 17.4. The molecule has 6 heteroatoms. The van der Waals surface area contributed by atoms with Crippen LogP contribution in [-0.4, -0.2) is 49.7 Å². The van der Waals surface area contributed by atoms with Gasteiger partial charge >= 0.3 is 0 Å². The number of piperazine rings is 1.